The minimum atomic E-state index is -0.157. The summed E-state index contributed by atoms with van der Waals surface area (Å²) in [6.07, 6.45) is 6.90. The number of nitrogens with zero attached hydrogens (tertiary/aromatic N) is 2. The minimum Gasteiger partial charge on any atom is -0.348 e. The van der Waals surface area contributed by atoms with Crippen LogP contribution in [0.4, 0.5) is 0 Å². The first-order valence-electron chi connectivity index (χ1n) is 7.67. The van der Waals surface area contributed by atoms with Gasteiger partial charge in [0, 0.05) is 19.4 Å². The number of carbonyl (C=O) groups excluding carboxylic acids is 1. The molecule has 0 aliphatic heterocycles. The number of aryl methyl sites for hydroxylation is 2. The molecule has 2 atom stereocenters. The van der Waals surface area contributed by atoms with Crippen molar-refractivity contribution in [3.8, 4) is 0 Å². The van der Waals surface area contributed by atoms with Crippen LogP contribution in [-0.2, 0) is 18.3 Å². The fourth-order valence-corrected chi connectivity index (χ4v) is 3.71. The summed E-state index contributed by atoms with van der Waals surface area (Å²) >= 11 is 1.49. The van der Waals surface area contributed by atoms with Gasteiger partial charge in [-0.25, -0.2) is 4.98 Å². The lowest BCUT2D eigenvalue weighted by atomic mass is 9.88. The highest BCUT2D eigenvalue weighted by Crippen LogP contribution is 2.30. The van der Waals surface area contributed by atoms with Gasteiger partial charge in [-0.3, -0.25) is 4.79 Å². The van der Waals surface area contributed by atoms with Gasteiger partial charge in [0.1, 0.15) is 0 Å². The lowest BCUT2D eigenvalue weighted by Gasteiger charge is -2.27. The summed E-state index contributed by atoms with van der Waals surface area (Å²) in [6, 6.07) is 8.56. The highest BCUT2D eigenvalue weighted by atomic mass is 32.2. The third-order valence-corrected chi connectivity index (χ3v) is 5.29. The fourth-order valence-electron chi connectivity index (χ4n) is 2.87. The Hall–Kier alpha value is -1.75. The summed E-state index contributed by atoms with van der Waals surface area (Å²) in [5, 5.41) is 3.92. The zero-order valence-corrected chi connectivity index (χ0v) is 13.8. The van der Waals surface area contributed by atoms with E-state index in [1.54, 1.807) is 6.20 Å². The molecule has 1 N–H and O–H groups in total. The molecule has 0 unspecified atom stereocenters. The van der Waals surface area contributed by atoms with Crippen LogP contribution in [0.3, 0.4) is 0 Å². The quantitative estimate of drug-likeness (QED) is 0.882. The van der Waals surface area contributed by atoms with E-state index in [9.17, 15) is 4.79 Å². The molecule has 0 spiro atoms. The number of benzene rings is 1. The monoisotopic (exact) mass is 315 g/mol. The van der Waals surface area contributed by atoms with Crippen LogP contribution in [0.25, 0.3) is 0 Å². The zero-order valence-electron chi connectivity index (χ0n) is 13.0. The first kappa shape index (κ1) is 15.2. The van der Waals surface area contributed by atoms with Crippen LogP contribution in [0.2, 0.25) is 0 Å². The number of rotatable bonds is 4. The van der Waals surface area contributed by atoms with E-state index < -0.39 is 0 Å². The summed E-state index contributed by atoms with van der Waals surface area (Å²) in [4.78, 5) is 16.8. The van der Waals surface area contributed by atoms with E-state index in [1.165, 1.54) is 22.9 Å². The molecule has 1 aromatic heterocycles. The molecule has 116 valence electrons. The average Bonchev–Trinajstić information content (AvgIpc) is 2.93. The van der Waals surface area contributed by atoms with Gasteiger partial charge in [-0.05, 0) is 37.3 Å². The maximum absolute atomic E-state index is 12.5. The number of thioether (sulfide) groups is 1. The third-order valence-electron chi connectivity index (χ3n) is 4.11. The van der Waals surface area contributed by atoms with Crippen LogP contribution in [0.1, 0.15) is 36.9 Å². The molecule has 1 aliphatic carbocycles. The third kappa shape index (κ3) is 3.19. The minimum absolute atomic E-state index is 0.0784. The molecule has 1 aliphatic rings. The van der Waals surface area contributed by atoms with Crippen LogP contribution in [-0.4, -0.2) is 20.7 Å². The average molecular weight is 315 g/mol. The maximum atomic E-state index is 12.5. The predicted octanol–water partition coefficient (Wildman–Crippen LogP) is 3.09. The molecule has 0 saturated carbocycles. The Labute approximate surface area is 135 Å². The second kappa shape index (κ2) is 6.57. The molecule has 1 aromatic carbocycles. The van der Waals surface area contributed by atoms with Crippen molar-refractivity contribution in [2.45, 2.75) is 42.6 Å². The molecule has 5 heteroatoms. The van der Waals surface area contributed by atoms with Crippen LogP contribution >= 0.6 is 11.8 Å². The van der Waals surface area contributed by atoms with Gasteiger partial charge in [0.15, 0.2) is 5.16 Å². The lowest BCUT2D eigenvalue weighted by Crippen LogP contribution is -2.36. The van der Waals surface area contributed by atoms with Gasteiger partial charge in [-0.2, -0.15) is 0 Å². The van der Waals surface area contributed by atoms with Crippen molar-refractivity contribution >= 4 is 17.7 Å². The van der Waals surface area contributed by atoms with E-state index in [1.807, 2.05) is 24.7 Å². The van der Waals surface area contributed by atoms with Crippen LogP contribution in [0.5, 0.6) is 0 Å². The number of fused-ring (bicyclic) bond motifs is 1. The van der Waals surface area contributed by atoms with E-state index in [0.717, 1.165) is 24.4 Å². The van der Waals surface area contributed by atoms with Crippen molar-refractivity contribution in [3.63, 3.8) is 0 Å². The highest BCUT2D eigenvalue weighted by molar-refractivity contribution is 8.00. The van der Waals surface area contributed by atoms with E-state index >= 15 is 0 Å². The number of nitrogens with one attached hydrogen (secondary N) is 1. The molecule has 2 aromatic rings. The molecule has 4 nitrogen and oxygen atoms in total. The van der Waals surface area contributed by atoms with Crippen molar-refractivity contribution in [3.05, 3.63) is 47.8 Å². The molecule has 1 amide bonds. The molecule has 0 bridgehead atoms. The van der Waals surface area contributed by atoms with E-state index in [-0.39, 0.29) is 17.2 Å². The normalized spacial score (nSPS) is 18.5. The number of carbonyl (C=O) groups is 1. The summed E-state index contributed by atoms with van der Waals surface area (Å²) < 4.78 is 1.93. The standard InChI is InChI=1S/C17H21N3OS/c1-12(22-17-18-10-11-20(17)2)16(21)19-15-9-5-7-13-6-3-4-8-14(13)15/h3-4,6,8,10-12,15H,5,7,9H2,1-2H3,(H,19,21)/t12-,15+/m1/s1. The Bertz CT molecular complexity index is 667. The first-order chi connectivity index (χ1) is 10.6. The summed E-state index contributed by atoms with van der Waals surface area (Å²) in [5.74, 6) is 0.0784. The molecule has 0 radical (unpaired) electrons. The largest absolute Gasteiger partial charge is 0.348 e. The van der Waals surface area contributed by atoms with Crippen molar-refractivity contribution < 1.29 is 4.79 Å². The molecule has 22 heavy (non-hydrogen) atoms. The maximum Gasteiger partial charge on any atom is 0.233 e. The Morgan fingerprint density at radius 2 is 2.27 bits per heavy atom. The van der Waals surface area contributed by atoms with Crippen molar-refractivity contribution in [1.82, 2.24) is 14.9 Å². The molecular weight excluding hydrogens is 294 g/mol. The SMILES string of the molecule is C[C@@H](Sc1nccn1C)C(=O)N[C@H]1CCCc2ccccc21. The van der Waals surface area contributed by atoms with Gasteiger partial charge in [0.25, 0.3) is 0 Å². The Morgan fingerprint density at radius 1 is 1.45 bits per heavy atom. The Morgan fingerprint density at radius 3 is 3.05 bits per heavy atom. The molecule has 0 fully saturated rings. The number of imidazole rings is 1. The van der Waals surface area contributed by atoms with Gasteiger partial charge < -0.3 is 9.88 Å². The van der Waals surface area contributed by atoms with Gasteiger partial charge in [-0.1, -0.05) is 36.0 Å². The van der Waals surface area contributed by atoms with E-state index in [4.69, 9.17) is 0 Å². The van der Waals surface area contributed by atoms with Crippen LogP contribution < -0.4 is 5.32 Å². The molecular formula is C17H21N3OS. The predicted molar refractivity (Wildman–Crippen MR) is 88.8 cm³/mol. The fraction of sp³-hybridized carbons (Fsp3) is 0.412. The first-order valence-corrected chi connectivity index (χ1v) is 8.55. The number of hydrogen-bond donors (Lipinski definition) is 1. The molecule has 0 saturated heterocycles. The van der Waals surface area contributed by atoms with Crippen molar-refractivity contribution in [2.75, 3.05) is 0 Å². The zero-order chi connectivity index (χ0) is 15.5. The smallest absolute Gasteiger partial charge is 0.233 e. The van der Waals surface area contributed by atoms with Crippen LogP contribution in [0.15, 0.2) is 41.8 Å². The number of amides is 1. The molecule has 1 heterocycles. The molecule has 3 rings (SSSR count). The second-order valence-corrected chi connectivity index (χ2v) is 7.04. The van der Waals surface area contributed by atoms with Gasteiger partial charge in [0.2, 0.25) is 5.91 Å². The summed E-state index contributed by atoms with van der Waals surface area (Å²) in [6.45, 7) is 1.93. The summed E-state index contributed by atoms with van der Waals surface area (Å²) in [5.41, 5.74) is 2.64. The van der Waals surface area contributed by atoms with Gasteiger partial charge in [0.05, 0.1) is 11.3 Å². The number of aromatic nitrogens is 2. The van der Waals surface area contributed by atoms with Crippen molar-refractivity contribution in [1.29, 1.82) is 0 Å². The van der Waals surface area contributed by atoms with Gasteiger partial charge >= 0.3 is 0 Å². The highest BCUT2D eigenvalue weighted by Gasteiger charge is 2.24. The number of hydrogen-bond acceptors (Lipinski definition) is 3. The lowest BCUT2D eigenvalue weighted by molar-refractivity contribution is -0.121. The Kier molecular flexibility index (Phi) is 4.52. The van der Waals surface area contributed by atoms with Crippen LogP contribution in [0, 0.1) is 0 Å². The van der Waals surface area contributed by atoms with Crippen molar-refractivity contribution in [2.24, 2.45) is 7.05 Å². The van der Waals surface area contributed by atoms with Gasteiger partial charge in [-0.15, -0.1) is 0 Å². The van der Waals surface area contributed by atoms with E-state index in [0.29, 0.717) is 0 Å². The summed E-state index contributed by atoms with van der Waals surface area (Å²) in [7, 11) is 1.94. The topological polar surface area (TPSA) is 46.9 Å². The second-order valence-electron chi connectivity index (χ2n) is 5.73. The van der Waals surface area contributed by atoms with E-state index in [2.05, 4.69) is 34.6 Å². The Balaban J connectivity index is 1.66.